The van der Waals surface area contributed by atoms with Gasteiger partial charge in [-0.3, -0.25) is 9.78 Å². The van der Waals surface area contributed by atoms with Crippen LogP contribution in [0.25, 0.3) is 10.9 Å². The molecule has 8 heteroatoms. The van der Waals surface area contributed by atoms with Crippen LogP contribution in [0.4, 0.5) is 5.82 Å². The molecule has 1 aliphatic heterocycles. The quantitative estimate of drug-likeness (QED) is 0.585. The highest BCUT2D eigenvalue weighted by Gasteiger charge is 2.22. The van der Waals surface area contributed by atoms with Crippen molar-refractivity contribution in [2.75, 3.05) is 5.73 Å². The summed E-state index contributed by atoms with van der Waals surface area (Å²) in [5.41, 5.74) is 13.8. The normalized spacial score (nSPS) is 15.7. The topological polar surface area (TPSA) is 96.2 Å². The Morgan fingerprint density at radius 1 is 1.30 bits per heavy atom. The minimum absolute atomic E-state index is 0.0983. The molecule has 0 bridgehead atoms. The number of nitrogens with zero attached hydrogens (tertiary/aromatic N) is 3. The van der Waals surface area contributed by atoms with Crippen molar-refractivity contribution in [3.8, 4) is 0 Å². The lowest BCUT2D eigenvalue weighted by molar-refractivity contribution is -0.122. The van der Waals surface area contributed by atoms with Gasteiger partial charge in [0.2, 0.25) is 5.91 Å². The van der Waals surface area contributed by atoms with Crippen LogP contribution >= 0.6 is 11.6 Å². The number of rotatable bonds is 5. The average molecular weight is 423 g/mol. The van der Waals surface area contributed by atoms with Gasteiger partial charge in [0.15, 0.2) is 0 Å². The lowest BCUT2D eigenvalue weighted by Gasteiger charge is -2.20. The van der Waals surface area contributed by atoms with Crippen molar-refractivity contribution in [1.82, 2.24) is 25.7 Å². The minimum atomic E-state index is -0.427. The highest BCUT2D eigenvalue weighted by Crippen LogP contribution is 2.20. The van der Waals surface area contributed by atoms with Gasteiger partial charge < -0.3 is 16.1 Å². The lowest BCUT2D eigenvalue weighted by Crippen LogP contribution is -2.45. The first-order valence-electron chi connectivity index (χ1n) is 9.64. The molecular weight excluding hydrogens is 400 g/mol. The van der Waals surface area contributed by atoms with Gasteiger partial charge in [0, 0.05) is 30.0 Å². The monoisotopic (exact) mass is 422 g/mol. The van der Waals surface area contributed by atoms with Gasteiger partial charge in [0.05, 0.1) is 17.1 Å². The zero-order valence-electron chi connectivity index (χ0n) is 16.8. The Bertz CT molecular complexity index is 1120. The first-order valence-corrected chi connectivity index (χ1v) is 10.0. The minimum Gasteiger partial charge on any atom is -0.384 e. The highest BCUT2D eigenvalue weighted by molar-refractivity contribution is 6.31. The molecule has 1 aromatic carbocycles. The zero-order chi connectivity index (χ0) is 21.3. The molecule has 0 saturated heterocycles. The molecule has 0 radical (unpaired) electrons. The number of anilines is 1. The van der Waals surface area contributed by atoms with E-state index in [1.54, 1.807) is 6.20 Å². The van der Waals surface area contributed by atoms with E-state index < -0.39 is 6.04 Å². The molecule has 0 saturated carbocycles. The average Bonchev–Trinajstić information content (AvgIpc) is 3.15. The molecule has 30 heavy (non-hydrogen) atoms. The van der Waals surface area contributed by atoms with Crippen molar-refractivity contribution in [3.63, 3.8) is 0 Å². The fraction of sp³-hybridized carbons (Fsp3) is 0.227. The summed E-state index contributed by atoms with van der Waals surface area (Å²) in [5.74, 6) is 0.390. The maximum atomic E-state index is 12.6. The predicted octanol–water partition coefficient (Wildman–Crippen LogP) is 3.00. The Hall–Kier alpha value is -3.16. The molecule has 0 fully saturated rings. The number of nitrogen functional groups attached to an aromatic ring is 1. The predicted molar refractivity (Wildman–Crippen MR) is 118 cm³/mol. The van der Waals surface area contributed by atoms with Crippen LogP contribution < -0.4 is 16.5 Å². The maximum absolute atomic E-state index is 12.6. The summed E-state index contributed by atoms with van der Waals surface area (Å²) in [6.07, 6.45) is 5.36. The van der Waals surface area contributed by atoms with Gasteiger partial charge in [0.1, 0.15) is 11.9 Å². The number of nitrogens with one attached hydrogen (secondary N) is 2. The highest BCUT2D eigenvalue weighted by atomic mass is 35.5. The van der Waals surface area contributed by atoms with Crippen LogP contribution in [0.2, 0.25) is 5.02 Å². The van der Waals surface area contributed by atoms with Crippen LogP contribution in [0.1, 0.15) is 22.4 Å². The molecule has 1 atom stereocenters. The summed E-state index contributed by atoms with van der Waals surface area (Å²) in [7, 11) is 0. The number of halogens is 1. The number of carbonyl (C=O) groups excluding carboxylic acids is 1. The number of aryl methyl sites for hydroxylation is 2. The van der Waals surface area contributed by atoms with E-state index in [-0.39, 0.29) is 5.91 Å². The van der Waals surface area contributed by atoms with Crippen molar-refractivity contribution in [2.45, 2.75) is 33.0 Å². The van der Waals surface area contributed by atoms with Gasteiger partial charge in [0.25, 0.3) is 0 Å². The van der Waals surface area contributed by atoms with Crippen LogP contribution in [0.3, 0.4) is 0 Å². The fourth-order valence-electron chi connectivity index (χ4n) is 3.59. The van der Waals surface area contributed by atoms with E-state index in [2.05, 4.69) is 26.8 Å². The molecular formula is C22H23ClN6O. The van der Waals surface area contributed by atoms with Crippen molar-refractivity contribution in [2.24, 2.45) is 0 Å². The third-order valence-electron chi connectivity index (χ3n) is 5.12. The van der Waals surface area contributed by atoms with Crippen LogP contribution in [0, 0.1) is 13.8 Å². The number of fused-ring (bicyclic) bond motifs is 1. The number of hydrazine groups is 1. The summed E-state index contributed by atoms with van der Waals surface area (Å²) >= 11 is 6.05. The second-order valence-electron chi connectivity index (χ2n) is 7.40. The van der Waals surface area contributed by atoms with E-state index in [4.69, 9.17) is 17.3 Å². The summed E-state index contributed by atoms with van der Waals surface area (Å²) in [6, 6.07) is 9.33. The van der Waals surface area contributed by atoms with E-state index in [1.165, 1.54) is 0 Å². The molecule has 1 aliphatic rings. The van der Waals surface area contributed by atoms with Crippen molar-refractivity contribution in [3.05, 3.63) is 76.2 Å². The lowest BCUT2D eigenvalue weighted by atomic mass is 10.1. The molecule has 1 amide bonds. The molecule has 0 aliphatic carbocycles. The van der Waals surface area contributed by atoms with Crippen molar-refractivity contribution < 1.29 is 4.79 Å². The number of aromatic nitrogens is 2. The second-order valence-corrected chi connectivity index (χ2v) is 7.84. The Balaban J connectivity index is 1.35. The second kappa shape index (κ2) is 8.30. The van der Waals surface area contributed by atoms with Gasteiger partial charge in [-0.25, -0.2) is 10.4 Å². The van der Waals surface area contributed by atoms with E-state index in [1.807, 2.05) is 55.4 Å². The van der Waals surface area contributed by atoms with E-state index in [0.29, 0.717) is 23.9 Å². The Morgan fingerprint density at radius 3 is 2.93 bits per heavy atom. The number of hydrogen-bond acceptors (Lipinski definition) is 6. The van der Waals surface area contributed by atoms with Crippen LogP contribution in [-0.4, -0.2) is 26.9 Å². The SMILES string of the molecule is Cc1cc(N)nc(C)c1CNC(=O)C1C=CN(Cc2ccc3ncc(Cl)cc3c2)N1. The van der Waals surface area contributed by atoms with E-state index in [9.17, 15) is 4.79 Å². The van der Waals surface area contributed by atoms with Gasteiger partial charge in [-0.2, -0.15) is 0 Å². The molecule has 1 unspecified atom stereocenters. The Labute approximate surface area is 179 Å². The number of amides is 1. The molecule has 4 rings (SSSR count). The molecule has 7 nitrogen and oxygen atoms in total. The molecule has 2 aromatic heterocycles. The first-order chi connectivity index (χ1) is 14.4. The van der Waals surface area contributed by atoms with Crippen molar-refractivity contribution in [1.29, 1.82) is 0 Å². The fourth-order valence-corrected chi connectivity index (χ4v) is 3.76. The first kappa shape index (κ1) is 20.1. The van der Waals surface area contributed by atoms with Gasteiger partial charge in [-0.15, -0.1) is 0 Å². The largest absolute Gasteiger partial charge is 0.384 e. The van der Waals surface area contributed by atoms with Crippen LogP contribution in [0.5, 0.6) is 0 Å². The molecule has 3 heterocycles. The van der Waals surface area contributed by atoms with Gasteiger partial charge >= 0.3 is 0 Å². The van der Waals surface area contributed by atoms with Crippen LogP contribution in [0.15, 0.2) is 48.8 Å². The Kier molecular flexibility index (Phi) is 5.57. The number of nitrogens with two attached hydrogens (primary N) is 1. The summed E-state index contributed by atoms with van der Waals surface area (Å²) < 4.78 is 0. The number of hydrogen-bond donors (Lipinski definition) is 3. The summed E-state index contributed by atoms with van der Waals surface area (Å²) in [5, 5.41) is 6.46. The third-order valence-corrected chi connectivity index (χ3v) is 5.33. The molecule has 0 spiro atoms. The molecule has 4 N–H and O–H groups in total. The maximum Gasteiger partial charge on any atom is 0.243 e. The molecule has 154 valence electrons. The Morgan fingerprint density at radius 2 is 2.13 bits per heavy atom. The van der Waals surface area contributed by atoms with Crippen molar-refractivity contribution >= 4 is 34.2 Å². The summed E-state index contributed by atoms with van der Waals surface area (Å²) in [4.78, 5) is 21.2. The summed E-state index contributed by atoms with van der Waals surface area (Å²) in [6.45, 7) is 4.89. The molecule has 3 aromatic rings. The van der Waals surface area contributed by atoms with Gasteiger partial charge in [-0.05, 0) is 60.9 Å². The number of benzene rings is 1. The zero-order valence-corrected chi connectivity index (χ0v) is 17.6. The van der Waals surface area contributed by atoms with Gasteiger partial charge in [-0.1, -0.05) is 17.7 Å². The number of carbonyl (C=O) groups is 1. The smallest absolute Gasteiger partial charge is 0.243 e. The van der Waals surface area contributed by atoms with E-state index >= 15 is 0 Å². The standard InChI is InChI=1S/C22H23ClN6O/c1-13-7-21(24)27-14(2)18(13)11-26-22(30)20-5-6-29(28-20)12-15-3-4-19-16(8-15)9-17(23)10-25-19/h3-10,20,28H,11-12H2,1-2H3,(H2,24,27)(H,26,30). The number of pyridine rings is 2. The van der Waals surface area contributed by atoms with Crippen LogP contribution in [-0.2, 0) is 17.9 Å². The third kappa shape index (κ3) is 4.37. The van der Waals surface area contributed by atoms with E-state index in [0.717, 1.165) is 33.3 Å².